The van der Waals surface area contributed by atoms with Crippen LogP contribution in [0, 0.1) is 0 Å². The van der Waals surface area contributed by atoms with Crippen molar-refractivity contribution in [3.05, 3.63) is 0 Å². The van der Waals surface area contributed by atoms with Gasteiger partial charge in [0.25, 0.3) is 0 Å². The molecular formula is C12H28N2S4. The summed E-state index contributed by atoms with van der Waals surface area (Å²) >= 11 is 8.32. The highest BCUT2D eigenvalue weighted by molar-refractivity contribution is 8.05. The van der Waals surface area contributed by atoms with E-state index < -0.39 is 0 Å². The molecule has 0 amide bonds. The second kappa shape index (κ2) is 18.3. The standard InChI is InChI=1S/C12H28N2S4/c1-13-3-5-15-7-9-17-11-12-18-10-8-16-6-4-14-2/h13-14H,3-12H2,1-2H3. The van der Waals surface area contributed by atoms with Crippen molar-refractivity contribution in [3.8, 4) is 0 Å². The Balaban J connectivity index is 2.86. The molecule has 0 unspecified atom stereocenters. The summed E-state index contributed by atoms with van der Waals surface area (Å²) in [6.45, 7) is 2.27. The molecule has 0 rings (SSSR count). The lowest BCUT2D eigenvalue weighted by Gasteiger charge is -2.03. The van der Waals surface area contributed by atoms with Gasteiger partial charge in [-0.3, -0.25) is 0 Å². The molecule has 0 aliphatic heterocycles. The molecule has 0 saturated heterocycles. The fourth-order valence-electron chi connectivity index (χ4n) is 1.11. The Hall–Kier alpha value is 1.32. The quantitative estimate of drug-likeness (QED) is 0.448. The number of rotatable bonds is 15. The van der Waals surface area contributed by atoms with Gasteiger partial charge in [-0.15, -0.1) is 0 Å². The molecule has 0 bridgehead atoms. The lowest BCUT2D eigenvalue weighted by Crippen LogP contribution is -2.10. The van der Waals surface area contributed by atoms with Crippen molar-refractivity contribution in [1.29, 1.82) is 0 Å². The van der Waals surface area contributed by atoms with Crippen LogP contribution < -0.4 is 10.6 Å². The van der Waals surface area contributed by atoms with Crippen molar-refractivity contribution >= 4 is 47.0 Å². The maximum absolute atomic E-state index is 3.17. The first-order valence-corrected chi connectivity index (χ1v) is 11.1. The van der Waals surface area contributed by atoms with Crippen molar-refractivity contribution in [1.82, 2.24) is 10.6 Å². The fourth-order valence-corrected chi connectivity index (χ4v) is 5.45. The molecule has 110 valence electrons. The highest BCUT2D eigenvalue weighted by atomic mass is 32.2. The number of thioether (sulfide) groups is 4. The second-order valence-corrected chi connectivity index (χ2v) is 8.56. The minimum atomic E-state index is 1.14. The summed E-state index contributed by atoms with van der Waals surface area (Å²) in [6.07, 6.45) is 0. The first-order valence-electron chi connectivity index (χ1n) is 6.52. The van der Waals surface area contributed by atoms with Crippen molar-refractivity contribution in [2.24, 2.45) is 0 Å². The van der Waals surface area contributed by atoms with Gasteiger partial charge in [0.1, 0.15) is 0 Å². The van der Waals surface area contributed by atoms with E-state index in [1.807, 2.05) is 14.1 Å². The van der Waals surface area contributed by atoms with Crippen molar-refractivity contribution in [2.75, 3.05) is 73.2 Å². The van der Waals surface area contributed by atoms with Gasteiger partial charge in [-0.2, -0.15) is 47.0 Å². The maximum atomic E-state index is 3.17. The third kappa shape index (κ3) is 17.3. The normalized spacial score (nSPS) is 11.0. The van der Waals surface area contributed by atoms with Gasteiger partial charge in [-0.05, 0) is 14.1 Å². The summed E-state index contributed by atoms with van der Waals surface area (Å²) in [5, 5.41) is 6.35. The molecule has 0 aliphatic rings. The minimum absolute atomic E-state index is 1.14. The Labute approximate surface area is 130 Å². The van der Waals surface area contributed by atoms with E-state index in [-0.39, 0.29) is 0 Å². The molecule has 0 aromatic carbocycles. The molecule has 18 heavy (non-hydrogen) atoms. The van der Waals surface area contributed by atoms with Gasteiger partial charge in [0, 0.05) is 59.1 Å². The molecule has 6 heteroatoms. The average molecular weight is 329 g/mol. The third-order valence-corrected chi connectivity index (χ3v) is 6.83. The molecule has 0 aromatic heterocycles. The van der Waals surface area contributed by atoms with E-state index in [2.05, 4.69) is 57.7 Å². The molecule has 0 radical (unpaired) electrons. The van der Waals surface area contributed by atoms with Gasteiger partial charge in [0.2, 0.25) is 0 Å². The number of hydrogen-bond donors (Lipinski definition) is 2. The second-order valence-electron chi connectivity index (χ2n) is 3.66. The SMILES string of the molecule is CNCCSCCSCCSCCSCCNC. The minimum Gasteiger partial charge on any atom is -0.319 e. The van der Waals surface area contributed by atoms with E-state index >= 15 is 0 Å². The van der Waals surface area contributed by atoms with Gasteiger partial charge in [0.05, 0.1) is 0 Å². The zero-order valence-electron chi connectivity index (χ0n) is 11.7. The predicted octanol–water partition coefficient (Wildman–Crippen LogP) is 2.36. The Kier molecular flexibility index (Phi) is 19.7. The summed E-state index contributed by atoms with van der Waals surface area (Å²) in [6, 6.07) is 0. The van der Waals surface area contributed by atoms with E-state index in [1.165, 1.54) is 46.0 Å². The average Bonchev–Trinajstić information content (AvgIpc) is 2.39. The van der Waals surface area contributed by atoms with Gasteiger partial charge in [-0.1, -0.05) is 0 Å². The van der Waals surface area contributed by atoms with Crippen LogP contribution in [0.3, 0.4) is 0 Å². The molecule has 0 fully saturated rings. The zero-order valence-corrected chi connectivity index (χ0v) is 15.0. The lowest BCUT2D eigenvalue weighted by atomic mass is 10.8. The molecule has 0 aliphatic carbocycles. The van der Waals surface area contributed by atoms with E-state index in [9.17, 15) is 0 Å². The van der Waals surface area contributed by atoms with E-state index in [0.29, 0.717) is 0 Å². The van der Waals surface area contributed by atoms with Crippen molar-refractivity contribution in [2.45, 2.75) is 0 Å². The zero-order chi connectivity index (χ0) is 13.3. The predicted molar refractivity (Wildman–Crippen MR) is 97.2 cm³/mol. The molecule has 2 N–H and O–H groups in total. The molecular weight excluding hydrogens is 300 g/mol. The molecule has 0 atom stereocenters. The Morgan fingerprint density at radius 1 is 0.500 bits per heavy atom. The summed E-state index contributed by atoms with van der Waals surface area (Å²) in [5.41, 5.74) is 0. The molecule has 0 aromatic rings. The Morgan fingerprint density at radius 2 is 0.778 bits per heavy atom. The third-order valence-electron chi connectivity index (χ3n) is 2.11. The summed E-state index contributed by atoms with van der Waals surface area (Å²) in [5.74, 6) is 10.4. The largest absolute Gasteiger partial charge is 0.319 e. The summed E-state index contributed by atoms with van der Waals surface area (Å²) in [4.78, 5) is 0. The van der Waals surface area contributed by atoms with Gasteiger partial charge >= 0.3 is 0 Å². The summed E-state index contributed by atoms with van der Waals surface area (Å²) < 4.78 is 0. The van der Waals surface area contributed by atoms with Crippen LogP contribution in [-0.4, -0.2) is 73.2 Å². The van der Waals surface area contributed by atoms with Crippen LogP contribution in [0.2, 0.25) is 0 Å². The van der Waals surface area contributed by atoms with Crippen molar-refractivity contribution in [3.63, 3.8) is 0 Å². The smallest absolute Gasteiger partial charge is 0.00582 e. The molecule has 0 spiro atoms. The van der Waals surface area contributed by atoms with Crippen LogP contribution in [0.1, 0.15) is 0 Å². The molecule has 2 nitrogen and oxygen atoms in total. The van der Waals surface area contributed by atoms with Crippen LogP contribution in [0.5, 0.6) is 0 Å². The van der Waals surface area contributed by atoms with Gasteiger partial charge in [-0.25, -0.2) is 0 Å². The van der Waals surface area contributed by atoms with E-state index in [4.69, 9.17) is 0 Å². The Morgan fingerprint density at radius 3 is 1.06 bits per heavy atom. The van der Waals surface area contributed by atoms with Crippen LogP contribution >= 0.6 is 47.0 Å². The maximum Gasteiger partial charge on any atom is 0.00582 e. The first-order chi connectivity index (χ1) is 8.91. The van der Waals surface area contributed by atoms with Crippen LogP contribution in [-0.2, 0) is 0 Å². The van der Waals surface area contributed by atoms with Crippen LogP contribution in [0.4, 0.5) is 0 Å². The number of hydrogen-bond acceptors (Lipinski definition) is 6. The van der Waals surface area contributed by atoms with Crippen LogP contribution in [0.15, 0.2) is 0 Å². The first kappa shape index (κ1) is 19.3. The van der Waals surface area contributed by atoms with Gasteiger partial charge < -0.3 is 10.6 Å². The monoisotopic (exact) mass is 328 g/mol. The highest BCUT2D eigenvalue weighted by Crippen LogP contribution is 2.11. The summed E-state index contributed by atoms with van der Waals surface area (Å²) in [7, 11) is 4.03. The van der Waals surface area contributed by atoms with Gasteiger partial charge in [0.15, 0.2) is 0 Å². The van der Waals surface area contributed by atoms with Crippen molar-refractivity contribution < 1.29 is 0 Å². The topological polar surface area (TPSA) is 24.1 Å². The Bertz CT molecular complexity index is 134. The molecule has 0 heterocycles. The highest BCUT2D eigenvalue weighted by Gasteiger charge is 1.93. The fraction of sp³-hybridized carbons (Fsp3) is 1.00. The van der Waals surface area contributed by atoms with Crippen LogP contribution in [0.25, 0.3) is 0 Å². The van der Waals surface area contributed by atoms with E-state index in [1.54, 1.807) is 0 Å². The number of nitrogens with one attached hydrogen (secondary N) is 2. The molecule has 0 saturated carbocycles. The van der Waals surface area contributed by atoms with E-state index in [0.717, 1.165) is 13.1 Å². The lowest BCUT2D eigenvalue weighted by molar-refractivity contribution is 0.872.